The molecule has 4 heteroatoms. The molecule has 1 unspecified atom stereocenters. The molecule has 0 bridgehead atoms. The number of nitrogens with zero attached hydrogens (tertiary/aromatic N) is 2. The molecular formula is C10H12AsN3. The van der Waals surface area contributed by atoms with E-state index in [-0.39, 0.29) is 0 Å². The van der Waals surface area contributed by atoms with Gasteiger partial charge in [0.2, 0.25) is 0 Å². The summed E-state index contributed by atoms with van der Waals surface area (Å²) in [5, 5.41) is 7.02. The van der Waals surface area contributed by atoms with Crippen molar-refractivity contribution in [1.82, 2.24) is 15.2 Å². The first kappa shape index (κ1) is 9.47. The summed E-state index contributed by atoms with van der Waals surface area (Å²) in [7, 11) is 0. The van der Waals surface area contributed by atoms with Crippen molar-refractivity contribution in [3.8, 4) is 11.1 Å². The van der Waals surface area contributed by atoms with E-state index in [1.54, 1.807) is 0 Å². The third-order valence-electron chi connectivity index (χ3n) is 2.06. The maximum atomic E-state index is 4.35. The molecule has 14 heavy (non-hydrogen) atoms. The number of hydrogen-bond acceptors (Lipinski definition) is 2. The zero-order valence-electron chi connectivity index (χ0n) is 8.20. The predicted molar refractivity (Wildman–Crippen MR) is 59.5 cm³/mol. The van der Waals surface area contributed by atoms with E-state index >= 15 is 0 Å². The monoisotopic (exact) mass is 249 g/mol. The van der Waals surface area contributed by atoms with E-state index in [1.165, 1.54) is 28.0 Å². The van der Waals surface area contributed by atoms with E-state index in [0.29, 0.717) is 0 Å². The van der Waals surface area contributed by atoms with Crippen LogP contribution in [0.15, 0.2) is 18.3 Å². The van der Waals surface area contributed by atoms with Crippen LogP contribution in [0.2, 0.25) is 0 Å². The van der Waals surface area contributed by atoms with E-state index in [4.69, 9.17) is 0 Å². The Morgan fingerprint density at radius 2 is 1.86 bits per heavy atom. The van der Waals surface area contributed by atoms with Crippen LogP contribution in [0, 0.1) is 13.8 Å². The first-order valence-corrected chi connectivity index (χ1v) is 5.63. The first-order valence-electron chi connectivity index (χ1n) is 4.42. The first-order chi connectivity index (χ1) is 6.66. The zero-order valence-corrected chi connectivity index (χ0v) is 10.6. The third kappa shape index (κ3) is 1.73. The quantitative estimate of drug-likeness (QED) is 0.741. The Kier molecular flexibility index (Phi) is 2.42. The molecule has 2 heterocycles. The molecule has 0 spiro atoms. The number of aromatic amines is 1. The van der Waals surface area contributed by atoms with Gasteiger partial charge in [0, 0.05) is 0 Å². The van der Waals surface area contributed by atoms with Gasteiger partial charge in [-0.2, -0.15) is 0 Å². The number of hydrogen-bond donors (Lipinski definition) is 1. The van der Waals surface area contributed by atoms with Crippen LogP contribution in [0.25, 0.3) is 11.1 Å². The fraction of sp³-hybridized carbons (Fsp3) is 0.200. The fourth-order valence-corrected chi connectivity index (χ4v) is 2.20. The van der Waals surface area contributed by atoms with E-state index in [1.807, 2.05) is 20.0 Å². The van der Waals surface area contributed by atoms with Crippen molar-refractivity contribution >= 4 is 21.3 Å². The molecule has 2 aromatic heterocycles. The van der Waals surface area contributed by atoms with Gasteiger partial charge in [0.25, 0.3) is 0 Å². The van der Waals surface area contributed by atoms with Gasteiger partial charge in [-0.3, -0.25) is 0 Å². The van der Waals surface area contributed by atoms with Crippen molar-refractivity contribution in [2.75, 3.05) is 0 Å². The van der Waals surface area contributed by atoms with Gasteiger partial charge in [0.15, 0.2) is 0 Å². The standard InChI is InChI=1S/C10H12AsN3/c1-6-3-8(4-7(2)13-6)9-5-12-14-10(9)11/h3-5H,11H2,1-2H3,(H,12,14). The Labute approximate surface area is 91.5 Å². The SMILES string of the molecule is Cc1cc(-c2c[nH]nc2[AsH2])cc(C)n1. The van der Waals surface area contributed by atoms with Crippen molar-refractivity contribution in [3.63, 3.8) is 0 Å². The molecule has 72 valence electrons. The molecule has 1 atom stereocenters. The average Bonchev–Trinajstić information content (AvgIpc) is 2.49. The Bertz CT molecular complexity index is 442. The molecule has 0 amide bonds. The summed E-state index contributed by atoms with van der Waals surface area (Å²) in [5.41, 5.74) is 4.47. The molecule has 0 aromatic carbocycles. The van der Waals surface area contributed by atoms with Gasteiger partial charge in [-0.1, -0.05) is 0 Å². The van der Waals surface area contributed by atoms with Crippen LogP contribution < -0.4 is 4.48 Å². The Balaban J connectivity index is 2.57. The minimum atomic E-state index is 1.05. The molecule has 1 N–H and O–H groups in total. The van der Waals surface area contributed by atoms with Gasteiger partial charge >= 0.3 is 91.2 Å². The number of rotatable bonds is 1. The van der Waals surface area contributed by atoms with Crippen LogP contribution in [0.5, 0.6) is 0 Å². The van der Waals surface area contributed by atoms with Crippen molar-refractivity contribution in [2.24, 2.45) is 0 Å². The summed E-state index contributed by atoms with van der Waals surface area (Å²) < 4.78 is 1.09. The molecule has 2 rings (SSSR count). The van der Waals surface area contributed by atoms with E-state index in [0.717, 1.165) is 15.9 Å². The summed E-state index contributed by atoms with van der Waals surface area (Å²) in [6.07, 6.45) is 1.94. The Morgan fingerprint density at radius 1 is 1.21 bits per heavy atom. The van der Waals surface area contributed by atoms with Crippen LogP contribution in [-0.4, -0.2) is 32.0 Å². The van der Waals surface area contributed by atoms with Gasteiger partial charge < -0.3 is 0 Å². The van der Waals surface area contributed by atoms with Crippen molar-refractivity contribution in [2.45, 2.75) is 13.8 Å². The molecule has 0 aliphatic heterocycles. The maximum absolute atomic E-state index is 4.35. The van der Waals surface area contributed by atoms with Gasteiger partial charge in [-0.05, 0) is 0 Å². The molecular weight excluding hydrogens is 237 g/mol. The third-order valence-corrected chi connectivity index (χ3v) is 2.99. The summed E-state index contributed by atoms with van der Waals surface area (Å²) >= 11 is 1.53. The van der Waals surface area contributed by atoms with Crippen LogP contribution in [0.1, 0.15) is 11.4 Å². The molecule has 3 nitrogen and oxygen atoms in total. The van der Waals surface area contributed by atoms with Crippen LogP contribution in [0.3, 0.4) is 0 Å². The van der Waals surface area contributed by atoms with Crippen molar-refractivity contribution in [1.29, 1.82) is 0 Å². The van der Waals surface area contributed by atoms with Crippen molar-refractivity contribution in [3.05, 3.63) is 29.7 Å². The average molecular weight is 249 g/mol. The van der Waals surface area contributed by atoms with E-state index < -0.39 is 0 Å². The van der Waals surface area contributed by atoms with Gasteiger partial charge in [-0.15, -0.1) is 0 Å². The van der Waals surface area contributed by atoms with Crippen LogP contribution in [-0.2, 0) is 0 Å². The van der Waals surface area contributed by atoms with Crippen LogP contribution >= 0.6 is 0 Å². The van der Waals surface area contributed by atoms with Crippen LogP contribution in [0.4, 0.5) is 0 Å². The second kappa shape index (κ2) is 3.58. The number of aromatic nitrogens is 3. The minimum absolute atomic E-state index is 1.05. The Morgan fingerprint density at radius 3 is 2.36 bits per heavy atom. The fourth-order valence-electron chi connectivity index (χ4n) is 1.52. The predicted octanol–water partition coefficient (Wildman–Crippen LogP) is 0.347. The Hall–Kier alpha value is -1.08. The number of pyridine rings is 1. The molecule has 0 saturated carbocycles. The molecule has 0 aliphatic rings. The van der Waals surface area contributed by atoms with Gasteiger partial charge in [-0.25, -0.2) is 0 Å². The molecule has 2 aromatic rings. The number of H-pyrrole nitrogens is 1. The second-order valence-electron chi connectivity index (χ2n) is 3.32. The van der Waals surface area contributed by atoms with E-state index in [9.17, 15) is 0 Å². The molecule has 0 radical (unpaired) electrons. The summed E-state index contributed by atoms with van der Waals surface area (Å²) in [5.74, 6) is 0. The molecule has 0 fully saturated rings. The zero-order chi connectivity index (χ0) is 10.1. The summed E-state index contributed by atoms with van der Waals surface area (Å²) in [6, 6.07) is 4.17. The summed E-state index contributed by atoms with van der Waals surface area (Å²) in [6.45, 7) is 4.02. The van der Waals surface area contributed by atoms with Crippen molar-refractivity contribution < 1.29 is 0 Å². The summed E-state index contributed by atoms with van der Waals surface area (Å²) in [4.78, 5) is 4.35. The van der Waals surface area contributed by atoms with Gasteiger partial charge in [0.05, 0.1) is 0 Å². The number of aryl methyl sites for hydroxylation is 2. The normalized spacial score (nSPS) is 10.5. The van der Waals surface area contributed by atoms with Gasteiger partial charge in [0.1, 0.15) is 0 Å². The molecule has 0 aliphatic carbocycles. The second-order valence-corrected chi connectivity index (χ2v) is 4.47. The van der Waals surface area contributed by atoms with E-state index in [2.05, 4.69) is 27.3 Å². The number of nitrogens with one attached hydrogen (secondary N) is 1. The topological polar surface area (TPSA) is 41.6 Å². The molecule has 0 saturated heterocycles.